The third-order valence-electron chi connectivity index (χ3n) is 2.47. The van der Waals surface area contributed by atoms with E-state index in [1.54, 1.807) is 12.3 Å². The minimum Gasteiger partial charge on any atom is -0.464 e. The predicted molar refractivity (Wildman–Crippen MR) is 64.8 cm³/mol. The Balaban J connectivity index is 2.11. The SMILES string of the molecule is COC(=O)c1ccc(Cc2ccccc2)cn1. The fraction of sp³-hybridized carbons (Fsp3) is 0.143. The summed E-state index contributed by atoms with van der Waals surface area (Å²) in [6.45, 7) is 0. The molecule has 17 heavy (non-hydrogen) atoms. The lowest BCUT2D eigenvalue weighted by Gasteiger charge is -2.02. The number of pyridine rings is 1. The number of carbonyl (C=O) groups is 1. The predicted octanol–water partition coefficient (Wildman–Crippen LogP) is 2.46. The zero-order chi connectivity index (χ0) is 12.1. The van der Waals surface area contributed by atoms with Gasteiger partial charge >= 0.3 is 5.97 Å². The zero-order valence-corrected chi connectivity index (χ0v) is 9.59. The van der Waals surface area contributed by atoms with Crippen LogP contribution in [0.25, 0.3) is 0 Å². The molecule has 2 aromatic rings. The number of esters is 1. The summed E-state index contributed by atoms with van der Waals surface area (Å²) < 4.78 is 4.59. The highest BCUT2D eigenvalue weighted by Crippen LogP contribution is 2.09. The number of carbonyl (C=O) groups excluding carboxylic acids is 1. The van der Waals surface area contributed by atoms with Crippen LogP contribution >= 0.6 is 0 Å². The maximum Gasteiger partial charge on any atom is 0.356 e. The third kappa shape index (κ3) is 2.91. The molecule has 1 aromatic carbocycles. The van der Waals surface area contributed by atoms with Gasteiger partial charge in [-0.05, 0) is 23.6 Å². The quantitative estimate of drug-likeness (QED) is 0.756. The molecule has 0 N–H and O–H groups in total. The molecule has 1 heterocycles. The van der Waals surface area contributed by atoms with Crippen molar-refractivity contribution in [2.45, 2.75) is 6.42 Å². The van der Waals surface area contributed by atoms with Crippen LogP contribution in [0.2, 0.25) is 0 Å². The molecular weight excluding hydrogens is 214 g/mol. The Morgan fingerprint density at radius 3 is 2.47 bits per heavy atom. The maximum atomic E-state index is 11.2. The molecule has 3 nitrogen and oxygen atoms in total. The normalized spacial score (nSPS) is 9.94. The fourth-order valence-corrected chi connectivity index (χ4v) is 1.59. The van der Waals surface area contributed by atoms with Crippen molar-refractivity contribution in [2.75, 3.05) is 7.11 Å². The van der Waals surface area contributed by atoms with Gasteiger partial charge in [0.25, 0.3) is 0 Å². The van der Waals surface area contributed by atoms with E-state index in [-0.39, 0.29) is 0 Å². The van der Waals surface area contributed by atoms with E-state index in [0.29, 0.717) is 5.69 Å². The number of methoxy groups -OCH3 is 1. The Kier molecular flexibility index (Phi) is 3.50. The number of rotatable bonds is 3. The van der Waals surface area contributed by atoms with E-state index in [2.05, 4.69) is 21.9 Å². The van der Waals surface area contributed by atoms with Crippen LogP contribution in [0, 0.1) is 0 Å². The van der Waals surface area contributed by atoms with Gasteiger partial charge in [-0.3, -0.25) is 0 Å². The van der Waals surface area contributed by atoms with Gasteiger partial charge in [0.05, 0.1) is 7.11 Å². The molecule has 0 amide bonds. The minimum atomic E-state index is -0.406. The second-order valence-electron chi connectivity index (χ2n) is 3.71. The van der Waals surface area contributed by atoms with E-state index in [1.807, 2.05) is 24.3 Å². The van der Waals surface area contributed by atoms with Crippen LogP contribution in [-0.2, 0) is 11.2 Å². The molecule has 1 aromatic heterocycles. The van der Waals surface area contributed by atoms with E-state index in [1.165, 1.54) is 12.7 Å². The summed E-state index contributed by atoms with van der Waals surface area (Å²) in [5, 5.41) is 0. The first kappa shape index (κ1) is 11.3. The summed E-state index contributed by atoms with van der Waals surface area (Å²) in [4.78, 5) is 15.3. The molecular formula is C14H13NO2. The number of aromatic nitrogens is 1. The average Bonchev–Trinajstić information content (AvgIpc) is 2.40. The number of hydrogen-bond acceptors (Lipinski definition) is 3. The zero-order valence-electron chi connectivity index (χ0n) is 9.59. The van der Waals surface area contributed by atoms with Gasteiger partial charge in [-0.1, -0.05) is 36.4 Å². The summed E-state index contributed by atoms with van der Waals surface area (Å²) in [5.74, 6) is -0.406. The van der Waals surface area contributed by atoms with E-state index < -0.39 is 5.97 Å². The lowest BCUT2D eigenvalue weighted by atomic mass is 10.1. The van der Waals surface area contributed by atoms with Crippen molar-refractivity contribution in [1.29, 1.82) is 0 Å². The van der Waals surface area contributed by atoms with E-state index in [0.717, 1.165) is 12.0 Å². The van der Waals surface area contributed by atoms with E-state index in [4.69, 9.17) is 0 Å². The number of hydrogen-bond donors (Lipinski definition) is 0. The molecule has 0 bridgehead atoms. The Morgan fingerprint density at radius 2 is 1.88 bits per heavy atom. The first-order valence-electron chi connectivity index (χ1n) is 5.37. The van der Waals surface area contributed by atoms with Crippen LogP contribution in [0.15, 0.2) is 48.7 Å². The summed E-state index contributed by atoms with van der Waals surface area (Å²) >= 11 is 0. The highest BCUT2D eigenvalue weighted by molar-refractivity contribution is 5.86. The topological polar surface area (TPSA) is 39.2 Å². The van der Waals surface area contributed by atoms with Crippen LogP contribution in [0.1, 0.15) is 21.6 Å². The fourth-order valence-electron chi connectivity index (χ4n) is 1.59. The van der Waals surface area contributed by atoms with E-state index in [9.17, 15) is 4.79 Å². The second kappa shape index (κ2) is 5.25. The molecule has 0 radical (unpaired) electrons. The lowest BCUT2D eigenvalue weighted by molar-refractivity contribution is 0.0594. The van der Waals surface area contributed by atoms with Crippen molar-refractivity contribution in [3.8, 4) is 0 Å². The Labute approximate surface area is 100 Å². The molecule has 0 aliphatic carbocycles. The highest BCUT2D eigenvalue weighted by Gasteiger charge is 2.06. The highest BCUT2D eigenvalue weighted by atomic mass is 16.5. The van der Waals surface area contributed by atoms with Crippen molar-refractivity contribution >= 4 is 5.97 Å². The number of ether oxygens (including phenoxy) is 1. The van der Waals surface area contributed by atoms with Gasteiger partial charge in [-0.15, -0.1) is 0 Å². The van der Waals surface area contributed by atoms with Gasteiger partial charge in [0.2, 0.25) is 0 Å². The minimum absolute atomic E-state index is 0.337. The molecule has 0 saturated heterocycles. The van der Waals surface area contributed by atoms with Gasteiger partial charge in [-0.2, -0.15) is 0 Å². The molecule has 0 saturated carbocycles. The molecule has 0 unspecified atom stereocenters. The van der Waals surface area contributed by atoms with Gasteiger partial charge < -0.3 is 4.74 Å². The molecule has 86 valence electrons. The van der Waals surface area contributed by atoms with Crippen LogP contribution in [0.5, 0.6) is 0 Å². The second-order valence-corrected chi connectivity index (χ2v) is 3.71. The molecule has 3 heteroatoms. The van der Waals surface area contributed by atoms with Crippen LogP contribution in [0.3, 0.4) is 0 Å². The number of benzene rings is 1. The van der Waals surface area contributed by atoms with Gasteiger partial charge in [-0.25, -0.2) is 9.78 Å². The van der Waals surface area contributed by atoms with Crippen molar-refractivity contribution in [3.05, 3.63) is 65.5 Å². The summed E-state index contributed by atoms with van der Waals surface area (Å²) in [5.41, 5.74) is 2.63. The van der Waals surface area contributed by atoms with Crippen molar-refractivity contribution in [1.82, 2.24) is 4.98 Å². The van der Waals surface area contributed by atoms with Crippen molar-refractivity contribution in [3.63, 3.8) is 0 Å². The Bertz CT molecular complexity index is 491. The maximum absolute atomic E-state index is 11.2. The van der Waals surface area contributed by atoms with Gasteiger partial charge in [0, 0.05) is 6.20 Å². The summed E-state index contributed by atoms with van der Waals surface area (Å²) in [6, 6.07) is 13.7. The Morgan fingerprint density at radius 1 is 1.12 bits per heavy atom. The first-order valence-corrected chi connectivity index (χ1v) is 5.37. The average molecular weight is 227 g/mol. The smallest absolute Gasteiger partial charge is 0.356 e. The summed E-state index contributed by atoms with van der Waals surface area (Å²) in [6.07, 6.45) is 2.52. The lowest BCUT2D eigenvalue weighted by Crippen LogP contribution is -2.04. The Hall–Kier alpha value is -2.16. The summed E-state index contributed by atoms with van der Waals surface area (Å²) in [7, 11) is 1.35. The van der Waals surface area contributed by atoms with Gasteiger partial charge in [0.15, 0.2) is 0 Å². The van der Waals surface area contributed by atoms with Crippen molar-refractivity contribution < 1.29 is 9.53 Å². The van der Waals surface area contributed by atoms with Crippen LogP contribution < -0.4 is 0 Å². The molecule has 2 rings (SSSR count). The third-order valence-corrected chi connectivity index (χ3v) is 2.47. The largest absolute Gasteiger partial charge is 0.464 e. The molecule has 0 atom stereocenters. The first-order chi connectivity index (χ1) is 8.29. The van der Waals surface area contributed by atoms with Crippen molar-refractivity contribution in [2.24, 2.45) is 0 Å². The molecule has 0 aliphatic heterocycles. The number of nitrogens with zero attached hydrogens (tertiary/aromatic N) is 1. The van der Waals surface area contributed by atoms with E-state index >= 15 is 0 Å². The van der Waals surface area contributed by atoms with Crippen LogP contribution in [-0.4, -0.2) is 18.1 Å². The molecule has 0 spiro atoms. The van der Waals surface area contributed by atoms with Crippen LogP contribution in [0.4, 0.5) is 0 Å². The molecule has 0 fully saturated rings. The standard InChI is InChI=1S/C14H13NO2/c1-17-14(16)13-8-7-12(10-15-13)9-11-5-3-2-4-6-11/h2-8,10H,9H2,1H3. The molecule has 0 aliphatic rings. The van der Waals surface area contributed by atoms with Gasteiger partial charge in [0.1, 0.15) is 5.69 Å². The monoisotopic (exact) mass is 227 g/mol.